The highest BCUT2D eigenvalue weighted by atomic mass is 16.7. The van der Waals surface area contributed by atoms with Crippen molar-refractivity contribution in [3.8, 4) is 0 Å². The molecule has 15 heavy (non-hydrogen) atoms. The van der Waals surface area contributed by atoms with E-state index in [1.165, 1.54) is 0 Å². The molecule has 5 atom stereocenters. The molecule has 86 valence electrons. The minimum absolute atomic E-state index is 0.155. The molecule has 1 fully saturated rings. The van der Waals surface area contributed by atoms with Gasteiger partial charge in [-0.15, -0.1) is 0 Å². The molecule has 0 aromatic rings. The van der Waals surface area contributed by atoms with Crippen LogP contribution in [0.2, 0.25) is 6.32 Å². The summed E-state index contributed by atoms with van der Waals surface area (Å²) in [6.07, 6.45) is -5.89. The van der Waals surface area contributed by atoms with Crippen molar-refractivity contribution in [3.63, 3.8) is 0 Å². The Morgan fingerprint density at radius 3 is 2.33 bits per heavy atom. The van der Waals surface area contributed by atoms with Crippen molar-refractivity contribution in [2.75, 3.05) is 13.2 Å². The Balaban J connectivity index is 2.57. The quantitative estimate of drug-likeness (QED) is 0.386. The second kappa shape index (κ2) is 5.79. The summed E-state index contributed by atoms with van der Waals surface area (Å²) in [5.74, 6) is 0. The first kappa shape index (κ1) is 12.9. The van der Waals surface area contributed by atoms with Gasteiger partial charge in [-0.1, -0.05) is 6.32 Å². The predicted molar refractivity (Wildman–Crippen MR) is 50.3 cm³/mol. The van der Waals surface area contributed by atoms with E-state index in [0.29, 0.717) is 0 Å². The molecular weight excluding hydrogens is 203 g/mol. The number of ether oxygens (including phenoxy) is 2. The fourth-order valence-corrected chi connectivity index (χ4v) is 1.39. The fraction of sp³-hybridized carbons (Fsp3) is 1.00. The highest BCUT2D eigenvalue weighted by Gasteiger charge is 2.43. The van der Waals surface area contributed by atoms with Crippen molar-refractivity contribution in [2.45, 2.75) is 37.0 Å². The molecular formula is C8H15BO6. The van der Waals surface area contributed by atoms with E-state index in [0.717, 1.165) is 0 Å². The number of aliphatic hydroxyl groups is 4. The van der Waals surface area contributed by atoms with Crippen LogP contribution in [-0.4, -0.2) is 72.2 Å². The van der Waals surface area contributed by atoms with E-state index >= 15 is 0 Å². The van der Waals surface area contributed by atoms with Crippen LogP contribution in [0.25, 0.3) is 0 Å². The Hall–Kier alpha value is -0.175. The van der Waals surface area contributed by atoms with E-state index < -0.39 is 37.3 Å². The summed E-state index contributed by atoms with van der Waals surface area (Å²) < 4.78 is 10.1. The molecule has 0 aromatic carbocycles. The Morgan fingerprint density at radius 2 is 1.80 bits per heavy atom. The molecule has 0 amide bonds. The van der Waals surface area contributed by atoms with Gasteiger partial charge >= 0.3 is 0 Å². The van der Waals surface area contributed by atoms with Crippen molar-refractivity contribution in [2.24, 2.45) is 0 Å². The van der Waals surface area contributed by atoms with Gasteiger partial charge in [0.1, 0.15) is 24.4 Å². The third-order valence-corrected chi connectivity index (χ3v) is 2.25. The molecule has 1 aliphatic rings. The molecule has 2 radical (unpaired) electrons. The summed E-state index contributed by atoms with van der Waals surface area (Å²) >= 11 is 0. The average molecular weight is 218 g/mol. The lowest BCUT2D eigenvalue weighted by molar-refractivity contribution is -0.299. The summed E-state index contributed by atoms with van der Waals surface area (Å²) in [4.78, 5) is 0. The van der Waals surface area contributed by atoms with Gasteiger partial charge in [0.05, 0.1) is 14.5 Å². The average Bonchev–Trinajstić information content (AvgIpc) is 2.25. The van der Waals surface area contributed by atoms with Crippen LogP contribution in [0.15, 0.2) is 0 Å². The van der Waals surface area contributed by atoms with Crippen LogP contribution in [0.1, 0.15) is 0 Å². The van der Waals surface area contributed by atoms with Crippen LogP contribution in [0.3, 0.4) is 0 Å². The number of aliphatic hydroxyl groups excluding tert-OH is 4. The molecule has 1 saturated heterocycles. The van der Waals surface area contributed by atoms with Crippen LogP contribution in [0.4, 0.5) is 0 Å². The van der Waals surface area contributed by atoms with Crippen LogP contribution >= 0.6 is 0 Å². The van der Waals surface area contributed by atoms with Gasteiger partial charge in [0.25, 0.3) is 0 Å². The maximum Gasteiger partial charge on any atom is 0.186 e. The molecule has 0 aromatic heterocycles. The fourth-order valence-electron chi connectivity index (χ4n) is 1.39. The lowest BCUT2D eigenvalue weighted by Crippen LogP contribution is -2.59. The van der Waals surface area contributed by atoms with Crippen molar-refractivity contribution >= 4 is 7.85 Å². The maximum absolute atomic E-state index is 9.47. The van der Waals surface area contributed by atoms with E-state index in [1.807, 2.05) is 0 Å². The van der Waals surface area contributed by atoms with Crippen molar-refractivity contribution in [1.82, 2.24) is 0 Å². The molecule has 1 aliphatic heterocycles. The largest absolute Gasteiger partial charge is 0.394 e. The second-order valence-electron chi connectivity index (χ2n) is 3.36. The van der Waals surface area contributed by atoms with Gasteiger partial charge in [-0.3, -0.25) is 0 Å². The molecule has 1 heterocycles. The predicted octanol–water partition coefficient (Wildman–Crippen LogP) is -2.61. The zero-order valence-corrected chi connectivity index (χ0v) is 8.19. The first-order valence-corrected chi connectivity index (χ1v) is 4.74. The van der Waals surface area contributed by atoms with Gasteiger partial charge in [0.2, 0.25) is 0 Å². The SMILES string of the molecule is [B]CCOC1O[C@H](CO)[C@@H](O)[C@H](O)[C@@H]1O. The highest BCUT2D eigenvalue weighted by Crippen LogP contribution is 2.21. The maximum atomic E-state index is 9.47. The molecule has 1 unspecified atom stereocenters. The van der Waals surface area contributed by atoms with Crippen molar-refractivity contribution in [3.05, 3.63) is 0 Å². The Bertz CT molecular complexity index is 190. The lowest BCUT2D eigenvalue weighted by atomic mass is 9.99. The van der Waals surface area contributed by atoms with E-state index in [9.17, 15) is 15.3 Å². The first-order chi connectivity index (χ1) is 7.11. The summed E-state index contributed by atoms with van der Waals surface area (Å²) in [5.41, 5.74) is 0. The Morgan fingerprint density at radius 1 is 1.13 bits per heavy atom. The van der Waals surface area contributed by atoms with Gasteiger partial charge in [0, 0.05) is 6.61 Å². The highest BCUT2D eigenvalue weighted by molar-refractivity contribution is 6.08. The molecule has 0 bridgehead atoms. The first-order valence-electron chi connectivity index (χ1n) is 4.74. The Labute approximate surface area is 88.8 Å². The van der Waals surface area contributed by atoms with Gasteiger partial charge in [-0.2, -0.15) is 0 Å². The monoisotopic (exact) mass is 218 g/mol. The van der Waals surface area contributed by atoms with Crippen LogP contribution < -0.4 is 0 Å². The second-order valence-corrected chi connectivity index (χ2v) is 3.36. The molecule has 0 spiro atoms. The van der Waals surface area contributed by atoms with Gasteiger partial charge in [-0.25, -0.2) is 0 Å². The van der Waals surface area contributed by atoms with E-state index in [-0.39, 0.29) is 12.9 Å². The van der Waals surface area contributed by atoms with E-state index in [2.05, 4.69) is 0 Å². The van der Waals surface area contributed by atoms with Gasteiger partial charge in [-0.05, 0) is 0 Å². The van der Waals surface area contributed by atoms with Crippen molar-refractivity contribution < 1.29 is 29.9 Å². The topological polar surface area (TPSA) is 99.4 Å². The summed E-state index contributed by atoms with van der Waals surface area (Å²) in [5, 5.41) is 37.1. The summed E-state index contributed by atoms with van der Waals surface area (Å²) in [6, 6.07) is 0. The smallest absolute Gasteiger partial charge is 0.186 e. The number of hydrogen-bond acceptors (Lipinski definition) is 6. The lowest BCUT2D eigenvalue weighted by Gasteiger charge is -2.39. The third-order valence-electron chi connectivity index (χ3n) is 2.25. The summed E-state index contributed by atoms with van der Waals surface area (Å²) in [7, 11) is 5.20. The zero-order chi connectivity index (χ0) is 11.4. The van der Waals surface area contributed by atoms with Crippen molar-refractivity contribution in [1.29, 1.82) is 0 Å². The van der Waals surface area contributed by atoms with Crippen LogP contribution in [0.5, 0.6) is 0 Å². The minimum atomic E-state index is -1.40. The molecule has 6 nitrogen and oxygen atoms in total. The van der Waals surface area contributed by atoms with Crippen LogP contribution in [0, 0.1) is 0 Å². The van der Waals surface area contributed by atoms with Gasteiger partial charge in [0.15, 0.2) is 6.29 Å². The minimum Gasteiger partial charge on any atom is -0.394 e. The molecule has 4 N–H and O–H groups in total. The standard InChI is InChI=1S/C8H15BO6/c9-1-2-14-8-7(13)6(12)5(11)4(3-10)15-8/h4-8,10-13H,1-3H2/t4-,5-,6+,7+,8?/m1/s1. The van der Waals surface area contributed by atoms with Gasteiger partial charge < -0.3 is 29.9 Å². The van der Waals surface area contributed by atoms with E-state index in [1.54, 1.807) is 0 Å². The summed E-state index contributed by atoms with van der Waals surface area (Å²) in [6.45, 7) is -0.309. The zero-order valence-electron chi connectivity index (χ0n) is 8.19. The number of hydrogen-bond donors (Lipinski definition) is 4. The molecule has 0 saturated carbocycles. The van der Waals surface area contributed by atoms with E-state index in [4.69, 9.17) is 22.4 Å². The molecule has 7 heteroatoms. The molecule has 1 rings (SSSR count). The molecule has 0 aliphatic carbocycles. The Kier molecular flexibility index (Phi) is 4.97. The van der Waals surface area contributed by atoms with Crippen LogP contribution in [-0.2, 0) is 9.47 Å². The third kappa shape index (κ3) is 2.90. The normalized spacial score (nSPS) is 41.7. The number of rotatable bonds is 4.